The summed E-state index contributed by atoms with van der Waals surface area (Å²) < 4.78 is 54.0. The zero-order valence-electron chi connectivity index (χ0n) is 13.5. The van der Waals surface area contributed by atoms with Gasteiger partial charge in [-0.1, -0.05) is 13.8 Å². The summed E-state index contributed by atoms with van der Waals surface area (Å²) in [7, 11) is 0. The fourth-order valence-electron chi connectivity index (χ4n) is 1.77. The molecule has 0 radical (unpaired) electrons. The molecular formula is C15H18F4N2O4. The van der Waals surface area contributed by atoms with Crippen LogP contribution in [0.3, 0.4) is 0 Å². The van der Waals surface area contributed by atoms with Gasteiger partial charge in [-0.3, -0.25) is 4.79 Å². The van der Waals surface area contributed by atoms with Gasteiger partial charge in [0.2, 0.25) is 5.88 Å². The van der Waals surface area contributed by atoms with Crippen LogP contribution in [0.4, 0.5) is 17.6 Å². The molecule has 0 aliphatic carbocycles. The molecule has 0 unspecified atom stereocenters. The van der Waals surface area contributed by atoms with Gasteiger partial charge in [-0.15, -0.1) is 0 Å². The van der Waals surface area contributed by atoms with Crippen molar-refractivity contribution in [3.05, 3.63) is 23.9 Å². The molecule has 1 amide bonds. The summed E-state index contributed by atoms with van der Waals surface area (Å²) in [6.07, 6.45) is -2.68. The number of carboxylic acids is 1. The highest BCUT2D eigenvalue weighted by molar-refractivity contribution is 5.96. The van der Waals surface area contributed by atoms with E-state index in [4.69, 9.17) is 5.11 Å². The van der Waals surface area contributed by atoms with Crippen molar-refractivity contribution in [3.8, 4) is 5.88 Å². The lowest BCUT2D eigenvalue weighted by atomic mass is 10.0. The monoisotopic (exact) mass is 366 g/mol. The maximum Gasteiger partial charge on any atom is 0.340 e. The van der Waals surface area contributed by atoms with Crippen LogP contribution >= 0.6 is 0 Å². The Labute approximate surface area is 141 Å². The number of hydrogen-bond donors (Lipinski definition) is 2. The van der Waals surface area contributed by atoms with E-state index in [1.807, 2.05) is 0 Å². The van der Waals surface area contributed by atoms with Crippen molar-refractivity contribution >= 4 is 11.9 Å². The number of aliphatic carboxylic acids is 1. The first-order valence-electron chi connectivity index (χ1n) is 7.31. The number of aromatic nitrogens is 1. The van der Waals surface area contributed by atoms with E-state index in [0.717, 1.165) is 18.3 Å². The van der Waals surface area contributed by atoms with Crippen LogP contribution in [0.25, 0.3) is 0 Å². The Morgan fingerprint density at radius 3 is 2.40 bits per heavy atom. The minimum absolute atomic E-state index is 0.0250. The third-order valence-electron chi connectivity index (χ3n) is 3.04. The summed E-state index contributed by atoms with van der Waals surface area (Å²) in [6, 6.07) is 1.12. The molecule has 0 spiro atoms. The van der Waals surface area contributed by atoms with Gasteiger partial charge in [0.1, 0.15) is 6.04 Å². The second kappa shape index (κ2) is 8.63. The lowest BCUT2D eigenvalue weighted by Gasteiger charge is -2.17. The number of ether oxygens (including phenoxy) is 1. The Hall–Kier alpha value is -2.39. The van der Waals surface area contributed by atoms with Crippen LogP contribution in [0, 0.1) is 5.92 Å². The molecule has 0 saturated carbocycles. The molecule has 10 heteroatoms. The molecule has 0 fully saturated rings. The van der Waals surface area contributed by atoms with E-state index in [1.54, 1.807) is 13.8 Å². The molecule has 0 aliphatic heterocycles. The predicted molar refractivity (Wildman–Crippen MR) is 79.0 cm³/mol. The average molecular weight is 366 g/mol. The van der Waals surface area contributed by atoms with E-state index in [0.29, 0.717) is 0 Å². The minimum atomic E-state index is -4.32. The first-order chi connectivity index (χ1) is 11.5. The maximum atomic E-state index is 12.7. The first kappa shape index (κ1) is 20.7. The van der Waals surface area contributed by atoms with Crippen LogP contribution in [0.2, 0.25) is 0 Å². The summed E-state index contributed by atoms with van der Waals surface area (Å²) in [5, 5.41) is 11.4. The lowest BCUT2D eigenvalue weighted by Crippen LogP contribution is -2.41. The van der Waals surface area contributed by atoms with Crippen LogP contribution in [0.15, 0.2) is 18.3 Å². The molecule has 25 heavy (non-hydrogen) atoms. The summed E-state index contributed by atoms with van der Waals surface area (Å²) in [6.45, 7) is 2.04. The van der Waals surface area contributed by atoms with Gasteiger partial charge in [0.25, 0.3) is 5.91 Å². The Morgan fingerprint density at radius 1 is 1.32 bits per heavy atom. The second-order valence-corrected chi connectivity index (χ2v) is 5.73. The van der Waals surface area contributed by atoms with Gasteiger partial charge >= 0.3 is 18.3 Å². The van der Waals surface area contributed by atoms with E-state index in [9.17, 15) is 27.2 Å². The average Bonchev–Trinajstić information content (AvgIpc) is 2.52. The SMILES string of the molecule is CC(C)C[C@@H](NC(=O)c1ccc(OCC(F)(F)C(F)F)nc1)C(=O)O. The summed E-state index contributed by atoms with van der Waals surface area (Å²) >= 11 is 0. The predicted octanol–water partition coefficient (Wildman–Crippen LogP) is 2.59. The van der Waals surface area contributed by atoms with Crippen molar-refractivity contribution in [1.29, 1.82) is 0 Å². The number of pyridine rings is 1. The number of carboxylic acid groups (broad SMARTS) is 1. The number of nitrogens with one attached hydrogen (secondary N) is 1. The molecule has 6 nitrogen and oxygen atoms in total. The number of hydrogen-bond acceptors (Lipinski definition) is 4. The van der Waals surface area contributed by atoms with Crippen molar-refractivity contribution < 1.29 is 37.0 Å². The number of carbonyl (C=O) groups excluding carboxylic acids is 1. The molecule has 0 saturated heterocycles. The molecule has 1 rings (SSSR count). The van der Waals surface area contributed by atoms with Crippen molar-refractivity contribution in [2.45, 2.75) is 38.7 Å². The summed E-state index contributed by atoms with van der Waals surface area (Å²) in [4.78, 5) is 26.7. The summed E-state index contributed by atoms with van der Waals surface area (Å²) in [5.74, 6) is -6.56. The van der Waals surface area contributed by atoms with Crippen LogP contribution in [0.5, 0.6) is 5.88 Å². The molecular weight excluding hydrogens is 348 g/mol. The lowest BCUT2D eigenvalue weighted by molar-refractivity contribution is -0.148. The standard InChI is InChI=1S/C15H18F4N2O4/c1-8(2)5-10(13(23)24)21-12(22)9-3-4-11(20-6-9)25-7-15(18,19)14(16)17/h3-4,6,8,10,14H,5,7H2,1-2H3,(H,21,22)(H,23,24)/t10-/m1/s1. The first-order valence-corrected chi connectivity index (χ1v) is 7.31. The number of nitrogens with zero attached hydrogens (tertiary/aromatic N) is 1. The Bertz CT molecular complexity index is 594. The number of rotatable bonds is 9. The number of alkyl halides is 4. The molecule has 1 atom stereocenters. The van der Waals surface area contributed by atoms with Gasteiger partial charge < -0.3 is 15.2 Å². The Kier molecular flexibility index (Phi) is 7.13. The fraction of sp³-hybridized carbons (Fsp3) is 0.533. The fourth-order valence-corrected chi connectivity index (χ4v) is 1.77. The Morgan fingerprint density at radius 2 is 1.96 bits per heavy atom. The molecule has 1 aromatic heterocycles. The molecule has 0 bridgehead atoms. The highest BCUT2D eigenvalue weighted by Gasteiger charge is 2.41. The zero-order valence-corrected chi connectivity index (χ0v) is 13.5. The third kappa shape index (κ3) is 6.55. The molecule has 0 aromatic carbocycles. The topological polar surface area (TPSA) is 88.5 Å². The molecule has 1 heterocycles. The van der Waals surface area contributed by atoms with E-state index in [-0.39, 0.29) is 23.8 Å². The van der Waals surface area contributed by atoms with Crippen LogP contribution in [-0.4, -0.2) is 47.0 Å². The zero-order chi connectivity index (χ0) is 19.2. The third-order valence-corrected chi connectivity index (χ3v) is 3.04. The summed E-state index contributed by atoms with van der Waals surface area (Å²) in [5.41, 5.74) is -0.0250. The van der Waals surface area contributed by atoms with Crippen molar-refractivity contribution in [2.24, 2.45) is 5.92 Å². The van der Waals surface area contributed by atoms with Crippen molar-refractivity contribution in [3.63, 3.8) is 0 Å². The largest absolute Gasteiger partial charge is 0.480 e. The van der Waals surface area contributed by atoms with Gasteiger partial charge in [0, 0.05) is 12.3 Å². The number of carbonyl (C=O) groups is 2. The molecule has 140 valence electrons. The highest BCUT2D eigenvalue weighted by atomic mass is 19.3. The van der Waals surface area contributed by atoms with Crippen molar-refractivity contribution in [1.82, 2.24) is 10.3 Å². The molecule has 2 N–H and O–H groups in total. The normalized spacial score (nSPS) is 13.0. The van der Waals surface area contributed by atoms with Crippen LogP contribution < -0.4 is 10.1 Å². The van der Waals surface area contributed by atoms with Gasteiger partial charge in [-0.25, -0.2) is 18.6 Å². The minimum Gasteiger partial charge on any atom is -0.480 e. The number of halogens is 4. The number of amides is 1. The van der Waals surface area contributed by atoms with Gasteiger partial charge in [0.05, 0.1) is 5.56 Å². The van der Waals surface area contributed by atoms with Crippen molar-refractivity contribution in [2.75, 3.05) is 6.61 Å². The molecule has 0 aliphatic rings. The Balaban J connectivity index is 2.69. The smallest absolute Gasteiger partial charge is 0.340 e. The van der Waals surface area contributed by atoms with E-state index < -0.39 is 36.9 Å². The van der Waals surface area contributed by atoms with Gasteiger partial charge in [0.15, 0.2) is 6.61 Å². The van der Waals surface area contributed by atoms with E-state index in [2.05, 4.69) is 15.0 Å². The molecule has 1 aromatic rings. The van der Waals surface area contributed by atoms with Crippen LogP contribution in [-0.2, 0) is 4.79 Å². The van der Waals surface area contributed by atoms with E-state index >= 15 is 0 Å². The van der Waals surface area contributed by atoms with Crippen LogP contribution in [0.1, 0.15) is 30.6 Å². The van der Waals surface area contributed by atoms with E-state index in [1.165, 1.54) is 0 Å². The quantitative estimate of drug-likeness (QED) is 0.656. The second-order valence-electron chi connectivity index (χ2n) is 5.73. The van der Waals surface area contributed by atoms with Gasteiger partial charge in [-0.05, 0) is 18.4 Å². The highest BCUT2D eigenvalue weighted by Crippen LogP contribution is 2.23. The van der Waals surface area contributed by atoms with Gasteiger partial charge in [-0.2, -0.15) is 8.78 Å². The maximum absolute atomic E-state index is 12.7.